The highest BCUT2D eigenvalue weighted by Gasteiger charge is 2.10. The number of halogens is 1. The van der Waals surface area contributed by atoms with E-state index in [1.807, 2.05) is 6.92 Å². The molecule has 2 amide bonds. The lowest BCUT2D eigenvalue weighted by atomic mass is 10.2. The molecule has 0 unspecified atom stereocenters. The van der Waals surface area contributed by atoms with E-state index in [1.165, 1.54) is 0 Å². The summed E-state index contributed by atoms with van der Waals surface area (Å²) < 4.78 is 10.8. The number of amides is 2. The monoisotopic (exact) mass is 362 g/mol. The molecule has 0 bridgehead atoms. The molecule has 132 valence electrons. The summed E-state index contributed by atoms with van der Waals surface area (Å²) in [6, 6.07) is 13.5. The largest absolute Gasteiger partial charge is 0.494 e. The van der Waals surface area contributed by atoms with Crippen LogP contribution >= 0.6 is 11.6 Å². The molecule has 0 saturated heterocycles. The fourth-order valence-electron chi connectivity index (χ4n) is 1.88. The van der Waals surface area contributed by atoms with Crippen molar-refractivity contribution in [3.05, 3.63) is 59.1 Å². The molecule has 0 radical (unpaired) electrons. The Morgan fingerprint density at radius 2 is 1.60 bits per heavy atom. The smallest absolute Gasteiger partial charge is 0.276 e. The Labute approximate surface area is 151 Å². The van der Waals surface area contributed by atoms with Crippen LogP contribution in [0.4, 0.5) is 0 Å². The van der Waals surface area contributed by atoms with E-state index in [1.54, 1.807) is 48.5 Å². The van der Waals surface area contributed by atoms with Crippen molar-refractivity contribution in [3.63, 3.8) is 0 Å². The molecule has 2 rings (SSSR count). The van der Waals surface area contributed by atoms with E-state index in [2.05, 4.69) is 10.9 Å². The first-order valence-electron chi connectivity index (χ1n) is 7.79. The number of hydrogen-bond acceptors (Lipinski definition) is 4. The highest BCUT2D eigenvalue weighted by atomic mass is 35.5. The van der Waals surface area contributed by atoms with E-state index in [9.17, 15) is 9.59 Å². The average molecular weight is 363 g/mol. The highest BCUT2D eigenvalue weighted by molar-refractivity contribution is 6.33. The van der Waals surface area contributed by atoms with Crippen LogP contribution in [0.15, 0.2) is 48.5 Å². The minimum atomic E-state index is -0.503. The summed E-state index contributed by atoms with van der Waals surface area (Å²) in [5, 5.41) is 0.302. The predicted octanol–water partition coefficient (Wildman–Crippen LogP) is 2.97. The third-order valence-corrected chi connectivity index (χ3v) is 3.43. The van der Waals surface area contributed by atoms with Crippen LogP contribution in [0.1, 0.15) is 23.7 Å². The van der Waals surface area contributed by atoms with Crippen LogP contribution in [0.25, 0.3) is 0 Å². The van der Waals surface area contributed by atoms with Crippen LogP contribution in [0.2, 0.25) is 5.02 Å². The number of carbonyl (C=O) groups is 2. The molecule has 25 heavy (non-hydrogen) atoms. The lowest BCUT2D eigenvalue weighted by Crippen LogP contribution is -2.43. The maximum absolute atomic E-state index is 11.9. The van der Waals surface area contributed by atoms with Crippen molar-refractivity contribution < 1.29 is 19.1 Å². The zero-order valence-corrected chi connectivity index (χ0v) is 14.5. The third-order valence-electron chi connectivity index (χ3n) is 3.10. The fraction of sp³-hybridized carbons (Fsp3) is 0.222. The zero-order valence-electron chi connectivity index (χ0n) is 13.8. The van der Waals surface area contributed by atoms with Crippen LogP contribution in [0, 0.1) is 0 Å². The molecule has 0 atom stereocenters. The summed E-state index contributed by atoms with van der Waals surface area (Å²) in [6.45, 7) is 2.44. The maximum Gasteiger partial charge on any atom is 0.276 e. The molecule has 0 aliphatic carbocycles. The van der Waals surface area contributed by atoms with E-state index in [-0.39, 0.29) is 12.2 Å². The second-order valence-corrected chi connectivity index (χ2v) is 5.50. The molecule has 7 heteroatoms. The fourth-order valence-corrected chi connectivity index (χ4v) is 2.10. The van der Waals surface area contributed by atoms with Gasteiger partial charge >= 0.3 is 0 Å². The Morgan fingerprint density at radius 1 is 0.960 bits per heavy atom. The van der Waals surface area contributed by atoms with Gasteiger partial charge < -0.3 is 9.47 Å². The standard InChI is InChI=1S/C18H19ClN2O4/c1-2-11-24-13-7-9-14(10-8-13)25-12-17(22)20-21-18(23)15-5-3-4-6-16(15)19/h3-10H,2,11-12H2,1H3,(H,20,22)(H,21,23). The van der Waals surface area contributed by atoms with Crippen LogP contribution in [-0.2, 0) is 4.79 Å². The van der Waals surface area contributed by atoms with Crippen molar-refractivity contribution >= 4 is 23.4 Å². The Balaban J connectivity index is 1.75. The first-order chi connectivity index (χ1) is 12.1. The molecule has 2 aromatic carbocycles. The molecule has 6 nitrogen and oxygen atoms in total. The van der Waals surface area contributed by atoms with E-state index < -0.39 is 11.8 Å². The van der Waals surface area contributed by atoms with E-state index in [0.717, 1.165) is 12.2 Å². The highest BCUT2D eigenvalue weighted by Crippen LogP contribution is 2.17. The number of nitrogens with one attached hydrogen (secondary N) is 2. The lowest BCUT2D eigenvalue weighted by Gasteiger charge is -2.10. The molecule has 0 aliphatic heterocycles. The van der Waals surface area contributed by atoms with E-state index in [0.29, 0.717) is 17.4 Å². The second-order valence-electron chi connectivity index (χ2n) is 5.09. The summed E-state index contributed by atoms with van der Waals surface area (Å²) in [7, 11) is 0. The number of benzene rings is 2. The van der Waals surface area contributed by atoms with Crippen molar-refractivity contribution in [3.8, 4) is 11.5 Å². The van der Waals surface area contributed by atoms with Gasteiger partial charge in [0, 0.05) is 0 Å². The van der Waals surface area contributed by atoms with Crippen LogP contribution in [-0.4, -0.2) is 25.0 Å². The predicted molar refractivity (Wildman–Crippen MR) is 94.8 cm³/mol. The average Bonchev–Trinajstić information content (AvgIpc) is 2.64. The third kappa shape index (κ3) is 6.00. The van der Waals surface area contributed by atoms with Crippen molar-refractivity contribution in [2.75, 3.05) is 13.2 Å². The van der Waals surface area contributed by atoms with Crippen LogP contribution < -0.4 is 20.3 Å². The second kappa shape index (κ2) is 9.54. The van der Waals surface area contributed by atoms with Gasteiger partial charge in [-0.3, -0.25) is 20.4 Å². The first kappa shape index (κ1) is 18.6. The van der Waals surface area contributed by atoms with Gasteiger partial charge in [-0.1, -0.05) is 30.7 Å². The topological polar surface area (TPSA) is 76.7 Å². The Hall–Kier alpha value is -2.73. The van der Waals surface area contributed by atoms with Crippen molar-refractivity contribution in [2.45, 2.75) is 13.3 Å². The molecule has 0 aromatic heterocycles. The summed E-state index contributed by atoms with van der Waals surface area (Å²) in [4.78, 5) is 23.6. The summed E-state index contributed by atoms with van der Waals surface area (Å²) in [6.07, 6.45) is 0.929. The summed E-state index contributed by atoms with van der Waals surface area (Å²) >= 11 is 5.91. The van der Waals surface area contributed by atoms with Crippen molar-refractivity contribution in [1.29, 1.82) is 0 Å². The van der Waals surface area contributed by atoms with Gasteiger partial charge in [0.1, 0.15) is 11.5 Å². The molecule has 0 fully saturated rings. The van der Waals surface area contributed by atoms with E-state index >= 15 is 0 Å². The quantitative estimate of drug-likeness (QED) is 0.742. The summed E-state index contributed by atoms with van der Waals surface area (Å²) in [5.74, 6) is 0.269. The molecule has 0 aliphatic rings. The van der Waals surface area contributed by atoms with Gasteiger partial charge in [-0.2, -0.15) is 0 Å². The van der Waals surface area contributed by atoms with Crippen molar-refractivity contribution in [1.82, 2.24) is 10.9 Å². The van der Waals surface area contributed by atoms with Crippen LogP contribution in [0.3, 0.4) is 0 Å². The number of ether oxygens (including phenoxy) is 2. The Kier molecular flexibility index (Phi) is 7.10. The Morgan fingerprint density at radius 3 is 2.24 bits per heavy atom. The van der Waals surface area contributed by atoms with Crippen LogP contribution in [0.5, 0.6) is 11.5 Å². The molecular formula is C18H19ClN2O4. The molecule has 0 spiro atoms. The SMILES string of the molecule is CCCOc1ccc(OCC(=O)NNC(=O)c2ccccc2Cl)cc1. The van der Waals surface area contributed by atoms with Crippen molar-refractivity contribution in [2.24, 2.45) is 0 Å². The molecule has 2 N–H and O–H groups in total. The summed E-state index contributed by atoms with van der Waals surface area (Å²) in [5.41, 5.74) is 4.83. The first-order valence-corrected chi connectivity index (χ1v) is 8.17. The Bertz CT molecular complexity index is 719. The minimum absolute atomic E-state index is 0.238. The number of hydrogen-bond donors (Lipinski definition) is 2. The number of rotatable bonds is 7. The maximum atomic E-state index is 11.9. The molecule has 0 heterocycles. The van der Waals surface area contributed by atoms with Gasteiger partial charge in [-0.25, -0.2) is 0 Å². The molecular weight excluding hydrogens is 344 g/mol. The normalized spacial score (nSPS) is 10.0. The van der Waals surface area contributed by atoms with Gasteiger partial charge in [-0.05, 0) is 42.8 Å². The van der Waals surface area contributed by atoms with Gasteiger partial charge in [0.15, 0.2) is 6.61 Å². The number of hydrazine groups is 1. The van der Waals surface area contributed by atoms with Gasteiger partial charge in [0.25, 0.3) is 11.8 Å². The molecule has 2 aromatic rings. The zero-order chi connectivity index (χ0) is 18.1. The molecule has 0 saturated carbocycles. The minimum Gasteiger partial charge on any atom is -0.494 e. The van der Waals surface area contributed by atoms with Gasteiger partial charge in [0.2, 0.25) is 0 Å². The lowest BCUT2D eigenvalue weighted by molar-refractivity contribution is -0.123. The van der Waals surface area contributed by atoms with E-state index in [4.69, 9.17) is 21.1 Å². The van der Waals surface area contributed by atoms with Gasteiger partial charge in [-0.15, -0.1) is 0 Å². The van der Waals surface area contributed by atoms with Gasteiger partial charge in [0.05, 0.1) is 17.2 Å². The number of carbonyl (C=O) groups excluding carboxylic acids is 2.